The molecule has 1 aliphatic rings. The quantitative estimate of drug-likeness (QED) is 0.881. The van der Waals surface area contributed by atoms with Gasteiger partial charge in [0.05, 0.1) is 6.04 Å². The molecule has 1 aliphatic heterocycles. The van der Waals surface area contributed by atoms with E-state index >= 15 is 0 Å². The molecule has 2 N–H and O–H groups in total. The summed E-state index contributed by atoms with van der Waals surface area (Å²) in [5, 5.41) is 6.21. The first kappa shape index (κ1) is 12.6. The van der Waals surface area contributed by atoms with Gasteiger partial charge in [-0.05, 0) is 50.1 Å². The number of amides is 1. The molecule has 4 heteroatoms. The lowest BCUT2D eigenvalue weighted by atomic mass is 10.0. The fourth-order valence-electron chi connectivity index (χ4n) is 2.11. The summed E-state index contributed by atoms with van der Waals surface area (Å²) in [5.41, 5.74) is 1.99. The molecule has 92 valence electrons. The summed E-state index contributed by atoms with van der Waals surface area (Å²) < 4.78 is 0.990. The third-order valence-corrected chi connectivity index (χ3v) is 3.39. The van der Waals surface area contributed by atoms with Crippen molar-refractivity contribution < 1.29 is 4.79 Å². The summed E-state index contributed by atoms with van der Waals surface area (Å²) in [5.74, 6) is 0.0715. The standard InChI is InChI=1S/C13H17BrN2O/c1-9-6-10(14)8-11(7-9)16-13(17)12-4-2-3-5-15-12/h6-8,12,15H,2-5H2,1H3,(H,16,17)/t12-/m1/s1. The Hall–Kier alpha value is -0.870. The fourth-order valence-corrected chi connectivity index (χ4v) is 2.72. The highest BCUT2D eigenvalue weighted by Gasteiger charge is 2.20. The van der Waals surface area contributed by atoms with Crippen LogP contribution in [0.2, 0.25) is 0 Å². The molecule has 0 aromatic heterocycles. The van der Waals surface area contributed by atoms with Crippen LogP contribution in [0.1, 0.15) is 24.8 Å². The Morgan fingerprint density at radius 2 is 2.24 bits per heavy atom. The zero-order valence-electron chi connectivity index (χ0n) is 9.92. The van der Waals surface area contributed by atoms with Crippen LogP contribution in [0.25, 0.3) is 0 Å². The van der Waals surface area contributed by atoms with Gasteiger partial charge in [-0.15, -0.1) is 0 Å². The minimum absolute atomic E-state index is 0.0389. The number of nitrogens with one attached hydrogen (secondary N) is 2. The topological polar surface area (TPSA) is 41.1 Å². The van der Waals surface area contributed by atoms with E-state index in [1.54, 1.807) is 0 Å². The van der Waals surface area contributed by atoms with Crippen LogP contribution < -0.4 is 10.6 Å². The van der Waals surface area contributed by atoms with Gasteiger partial charge in [0.15, 0.2) is 0 Å². The number of aryl methyl sites for hydroxylation is 1. The molecule has 17 heavy (non-hydrogen) atoms. The Labute approximate surface area is 110 Å². The Balaban J connectivity index is 2.01. The van der Waals surface area contributed by atoms with Gasteiger partial charge in [-0.2, -0.15) is 0 Å². The van der Waals surface area contributed by atoms with E-state index in [-0.39, 0.29) is 11.9 Å². The first-order chi connectivity index (χ1) is 8.15. The molecule has 0 saturated carbocycles. The molecule has 1 atom stereocenters. The van der Waals surface area contributed by atoms with E-state index in [1.165, 1.54) is 6.42 Å². The summed E-state index contributed by atoms with van der Waals surface area (Å²) in [4.78, 5) is 12.0. The van der Waals surface area contributed by atoms with Gasteiger partial charge in [-0.1, -0.05) is 22.4 Å². The molecule has 0 bridgehead atoms. The molecule has 1 aromatic rings. The molecular formula is C13H17BrN2O. The van der Waals surface area contributed by atoms with Crippen LogP contribution in [0.4, 0.5) is 5.69 Å². The maximum absolute atomic E-state index is 12.0. The Morgan fingerprint density at radius 1 is 1.41 bits per heavy atom. The molecule has 1 saturated heterocycles. The van der Waals surface area contributed by atoms with Crippen LogP contribution in [0.15, 0.2) is 22.7 Å². The molecule has 1 amide bonds. The molecule has 1 aromatic carbocycles. The molecule has 0 aliphatic carbocycles. The monoisotopic (exact) mass is 296 g/mol. The van der Waals surface area contributed by atoms with Gasteiger partial charge in [0.25, 0.3) is 0 Å². The smallest absolute Gasteiger partial charge is 0.241 e. The summed E-state index contributed by atoms with van der Waals surface area (Å²) >= 11 is 3.43. The normalized spacial score (nSPS) is 20.0. The number of rotatable bonds is 2. The van der Waals surface area contributed by atoms with Crippen molar-refractivity contribution in [3.63, 3.8) is 0 Å². The second-order valence-corrected chi connectivity index (χ2v) is 5.42. The lowest BCUT2D eigenvalue weighted by molar-refractivity contribution is -0.118. The van der Waals surface area contributed by atoms with Crippen molar-refractivity contribution in [3.8, 4) is 0 Å². The maximum Gasteiger partial charge on any atom is 0.241 e. The number of anilines is 1. The van der Waals surface area contributed by atoms with Crippen molar-refractivity contribution >= 4 is 27.5 Å². The summed E-state index contributed by atoms with van der Waals surface area (Å²) in [7, 11) is 0. The van der Waals surface area contributed by atoms with Gasteiger partial charge < -0.3 is 10.6 Å². The highest BCUT2D eigenvalue weighted by molar-refractivity contribution is 9.10. The lowest BCUT2D eigenvalue weighted by Crippen LogP contribution is -2.43. The molecular weight excluding hydrogens is 280 g/mol. The Morgan fingerprint density at radius 3 is 2.88 bits per heavy atom. The SMILES string of the molecule is Cc1cc(Br)cc(NC(=O)[C@H]2CCCCN2)c1. The van der Waals surface area contributed by atoms with Crippen molar-refractivity contribution in [2.24, 2.45) is 0 Å². The minimum atomic E-state index is -0.0389. The van der Waals surface area contributed by atoms with E-state index in [9.17, 15) is 4.79 Å². The minimum Gasteiger partial charge on any atom is -0.325 e. The van der Waals surface area contributed by atoms with Gasteiger partial charge >= 0.3 is 0 Å². The average molecular weight is 297 g/mol. The zero-order valence-corrected chi connectivity index (χ0v) is 11.5. The van der Waals surface area contributed by atoms with Gasteiger partial charge in [0, 0.05) is 10.2 Å². The van der Waals surface area contributed by atoms with E-state index in [4.69, 9.17) is 0 Å². The highest BCUT2D eigenvalue weighted by atomic mass is 79.9. The third-order valence-electron chi connectivity index (χ3n) is 2.94. The van der Waals surface area contributed by atoms with Crippen molar-refractivity contribution in [3.05, 3.63) is 28.2 Å². The van der Waals surface area contributed by atoms with Crippen LogP contribution in [-0.4, -0.2) is 18.5 Å². The lowest BCUT2D eigenvalue weighted by Gasteiger charge is -2.22. The molecule has 1 heterocycles. The van der Waals surface area contributed by atoms with E-state index in [0.717, 1.165) is 35.1 Å². The number of piperidine rings is 1. The average Bonchev–Trinajstić information content (AvgIpc) is 2.28. The molecule has 0 unspecified atom stereocenters. The van der Waals surface area contributed by atoms with E-state index in [1.807, 2.05) is 25.1 Å². The number of hydrogen-bond donors (Lipinski definition) is 2. The van der Waals surface area contributed by atoms with Crippen LogP contribution in [0.5, 0.6) is 0 Å². The fraction of sp³-hybridized carbons (Fsp3) is 0.462. The molecule has 0 radical (unpaired) electrons. The van der Waals surface area contributed by atoms with Crippen LogP contribution in [0.3, 0.4) is 0 Å². The second-order valence-electron chi connectivity index (χ2n) is 4.51. The van der Waals surface area contributed by atoms with Gasteiger partial charge in [-0.25, -0.2) is 0 Å². The van der Waals surface area contributed by atoms with Gasteiger partial charge in [0.1, 0.15) is 0 Å². The molecule has 2 rings (SSSR count). The summed E-state index contributed by atoms with van der Waals surface area (Å²) in [6, 6.07) is 5.89. The van der Waals surface area contributed by atoms with E-state index < -0.39 is 0 Å². The number of benzene rings is 1. The predicted octanol–water partition coefficient (Wildman–Crippen LogP) is 2.84. The Bertz CT molecular complexity index is 394. The van der Waals surface area contributed by atoms with Crippen LogP contribution in [-0.2, 0) is 4.79 Å². The van der Waals surface area contributed by atoms with Crippen molar-refractivity contribution in [2.75, 3.05) is 11.9 Å². The first-order valence-corrected chi connectivity index (χ1v) is 6.76. The second kappa shape index (κ2) is 5.65. The zero-order chi connectivity index (χ0) is 12.3. The molecule has 3 nitrogen and oxygen atoms in total. The first-order valence-electron chi connectivity index (χ1n) is 5.96. The van der Waals surface area contributed by atoms with E-state index in [2.05, 4.69) is 26.6 Å². The largest absolute Gasteiger partial charge is 0.325 e. The molecule has 1 fully saturated rings. The van der Waals surface area contributed by atoms with Crippen molar-refractivity contribution in [2.45, 2.75) is 32.2 Å². The van der Waals surface area contributed by atoms with Crippen molar-refractivity contribution in [1.29, 1.82) is 0 Å². The number of carbonyl (C=O) groups is 1. The van der Waals surface area contributed by atoms with Crippen LogP contribution in [0, 0.1) is 6.92 Å². The van der Waals surface area contributed by atoms with Crippen LogP contribution >= 0.6 is 15.9 Å². The molecule has 0 spiro atoms. The number of carbonyl (C=O) groups excluding carboxylic acids is 1. The summed E-state index contributed by atoms with van der Waals surface area (Å²) in [6.45, 7) is 2.95. The maximum atomic E-state index is 12.0. The number of halogens is 1. The highest BCUT2D eigenvalue weighted by Crippen LogP contribution is 2.19. The predicted molar refractivity (Wildman–Crippen MR) is 73.2 cm³/mol. The van der Waals surface area contributed by atoms with Gasteiger partial charge in [0.2, 0.25) is 5.91 Å². The Kier molecular flexibility index (Phi) is 4.18. The summed E-state index contributed by atoms with van der Waals surface area (Å²) in [6.07, 6.45) is 3.22. The number of hydrogen-bond acceptors (Lipinski definition) is 2. The van der Waals surface area contributed by atoms with E-state index in [0.29, 0.717) is 0 Å². The third kappa shape index (κ3) is 3.54. The van der Waals surface area contributed by atoms with Crippen molar-refractivity contribution in [1.82, 2.24) is 5.32 Å². The van der Waals surface area contributed by atoms with Gasteiger partial charge in [-0.3, -0.25) is 4.79 Å².